The van der Waals surface area contributed by atoms with Crippen LogP contribution in [-0.4, -0.2) is 34.4 Å². The molecule has 2 rings (SSSR count). The van der Waals surface area contributed by atoms with E-state index in [2.05, 4.69) is 17.4 Å². The van der Waals surface area contributed by atoms with E-state index in [0.717, 1.165) is 12.8 Å². The van der Waals surface area contributed by atoms with Gasteiger partial charge >= 0.3 is 5.97 Å². The largest absolute Gasteiger partial charge is 0.480 e. The Morgan fingerprint density at radius 3 is 2.35 bits per heavy atom. The number of benzene rings is 1. The van der Waals surface area contributed by atoms with E-state index in [9.17, 15) is 9.90 Å². The highest BCUT2D eigenvalue weighted by Gasteiger charge is 2.36. The molecule has 0 bridgehead atoms. The van der Waals surface area contributed by atoms with Crippen LogP contribution in [0.15, 0.2) is 24.3 Å². The molecule has 1 aromatic rings. The van der Waals surface area contributed by atoms with Crippen LogP contribution in [0.5, 0.6) is 0 Å². The molecule has 0 spiro atoms. The molecule has 0 aromatic heterocycles. The van der Waals surface area contributed by atoms with E-state index in [1.54, 1.807) is 0 Å². The summed E-state index contributed by atoms with van der Waals surface area (Å²) in [6, 6.07) is 8.19. The predicted molar refractivity (Wildman–Crippen MR) is 63.9 cm³/mol. The van der Waals surface area contributed by atoms with Crippen LogP contribution < -0.4 is 5.32 Å². The molecule has 0 saturated heterocycles. The quantitative estimate of drug-likeness (QED) is 0.714. The minimum Gasteiger partial charge on any atom is -0.480 e. The first-order valence-electron chi connectivity index (χ1n) is 5.74. The molecule has 0 fully saturated rings. The number of hydrogen-bond acceptors (Lipinski definition) is 3. The average Bonchev–Trinajstić information content (AvgIpc) is 2.70. The fraction of sp³-hybridized carbons (Fsp3) is 0.462. The third-order valence-corrected chi connectivity index (χ3v) is 3.36. The molecule has 0 aliphatic heterocycles. The lowest BCUT2D eigenvalue weighted by atomic mass is 10.0. The summed E-state index contributed by atoms with van der Waals surface area (Å²) < 4.78 is 0. The van der Waals surface area contributed by atoms with E-state index >= 15 is 0 Å². The number of rotatable bonds is 4. The first kappa shape index (κ1) is 12.1. The van der Waals surface area contributed by atoms with Gasteiger partial charge in [-0.05, 0) is 30.9 Å². The number of carboxylic acid groups (broad SMARTS) is 1. The van der Waals surface area contributed by atoms with Crippen LogP contribution in [-0.2, 0) is 17.6 Å². The van der Waals surface area contributed by atoms with Gasteiger partial charge in [-0.15, -0.1) is 0 Å². The first-order chi connectivity index (χ1) is 8.05. The topological polar surface area (TPSA) is 69.6 Å². The first-order valence-corrected chi connectivity index (χ1v) is 5.74. The number of aliphatic hydroxyl groups is 1. The molecule has 1 aliphatic rings. The molecule has 4 heteroatoms. The van der Waals surface area contributed by atoms with Crippen molar-refractivity contribution in [2.75, 3.05) is 6.61 Å². The molecular weight excluding hydrogens is 218 g/mol. The van der Waals surface area contributed by atoms with Crippen LogP contribution in [0.2, 0.25) is 0 Å². The molecule has 92 valence electrons. The van der Waals surface area contributed by atoms with Crippen molar-refractivity contribution in [3.63, 3.8) is 0 Å². The second kappa shape index (κ2) is 4.47. The Kier molecular flexibility index (Phi) is 3.17. The molecule has 0 unspecified atom stereocenters. The number of hydrogen-bond donors (Lipinski definition) is 3. The summed E-state index contributed by atoms with van der Waals surface area (Å²) in [6.45, 7) is 1.10. The van der Waals surface area contributed by atoms with Crippen LogP contribution in [0.4, 0.5) is 0 Å². The Balaban J connectivity index is 2.07. The van der Waals surface area contributed by atoms with Gasteiger partial charge in [-0.3, -0.25) is 10.1 Å². The Hall–Kier alpha value is -1.39. The van der Waals surface area contributed by atoms with Gasteiger partial charge in [-0.25, -0.2) is 0 Å². The smallest absolute Gasteiger partial charge is 0.326 e. The van der Waals surface area contributed by atoms with E-state index in [4.69, 9.17) is 5.11 Å². The van der Waals surface area contributed by atoms with Crippen molar-refractivity contribution >= 4 is 5.97 Å². The lowest BCUT2D eigenvalue weighted by Gasteiger charge is -2.27. The zero-order chi connectivity index (χ0) is 12.5. The molecule has 3 N–H and O–H groups in total. The number of fused-ring (bicyclic) bond motifs is 1. The van der Waals surface area contributed by atoms with Crippen molar-refractivity contribution in [2.24, 2.45) is 0 Å². The fourth-order valence-corrected chi connectivity index (χ4v) is 2.29. The Morgan fingerprint density at radius 1 is 1.41 bits per heavy atom. The normalized spacial score (nSPS) is 18.7. The van der Waals surface area contributed by atoms with Crippen LogP contribution in [0, 0.1) is 0 Å². The van der Waals surface area contributed by atoms with Gasteiger partial charge in [0.05, 0.1) is 6.61 Å². The molecule has 17 heavy (non-hydrogen) atoms. The monoisotopic (exact) mass is 235 g/mol. The number of carbonyl (C=O) groups is 1. The van der Waals surface area contributed by atoms with E-state index in [1.807, 2.05) is 12.1 Å². The van der Waals surface area contributed by atoms with Gasteiger partial charge in [0.1, 0.15) is 5.54 Å². The summed E-state index contributed by atoms with van der Waals surface area (Å²) in [6.07, 6.45) is 1.64. The molecule has 0 saturated carbocycles. The van der Waals surface area contributed by atoms with Gasteiger partial charge in [0.2, 0.25) is 0 Å². The van der Waals surface area contributed by atoms with Gasteiger partial charge in [0, 0.05) is 6.04 Å². The third-order valence-electron chi connectivity index (χ3n) is 3.36. The van der Waals surface area contributed by atoms with Crippen molar-refractivity contribution in [1.29, 1.82) is 0 Å². The highest BCUT2D eigenvalue weighted by Crippen LogP contribution is 2.23. The maximum Gasteiger partial charge on any atom is 0.326 e. The fourth-order valence-electron chi connectivity index (χ4n) is 2.29. The molecule has 0 heterocycles. The SMILES string of the molecule is C[C@@](CO)(NC1Cc2ccccc2C1)C(=O)O. The molecule has 4 nitrogen and oxygen atoms in total. The summed E-state index contributed by atoms with van der Waals surface area (Å²) >= 11 is 0. The highest BCUT2D eigenvalue weighted by molar-refractivity contribution is 5.78. The summed E-state index contributed by atoms with van der Waals surface area (Å²) in [4.78, 5) is 11.1. The van der Waals surface area contributed by atoms with Gasteiger partial charge in [0.15, 0.2) is 0 Å². The van der Waals surface area contributed by atoms with Crippen molar-refractivity contribution in [2.45, 2.75) is 31.3 Å². The van der Waals surface area contributed by atoms with Gasteiger partial charge < -0.3 is 10.2 Å². The number of aliphatic carboxylic acids is 1. The maximum atomic E-state index is 11.1. The summed E-state index contributed by atoms with van der Waals surface area (Å²) in [7, 11) is 0. The van der Waals surface area contributed by atoms with E-state index in [0.29, 0.717) is 0 Å². The predicted octanol–water partition coefficient (Wildman–Crippen LogP) is 0.579. The number of aliphatic hydroxyl groups excluding tert-OH is 1. The average molecular weight is 235 g/mol. The summed E-state index contributed by atoms with van der Waals surface area (Å²) in [5.41, 5.74) is 1.26. The molecule has 1 aliphatic carbocycles. The second-order valence-corrected chi connectivity index (χ2v) is 4.81. The molecule has 0 radical (unpaired) electrons. The zero-order valence-electron chi connectivity index (χ0n) is 9.81. The highest BCUT2D eigenvalue weighted by atomic mass is 16.4. The van der Waals surface area contributed by atoms with Gasteiger partial charge in [-0.1, -0.05) is 24.3 Å². The lowest BCUT2D eigenvalue weighted by molar-refractivity contribution is -0.146. The Bertz CT molecular complexity index is 407. The molecule has 1 atom stereocenters. The van der Waals surface area contributed by atoms with Crippen molar-refractivity contribution in [3.05, 3.63) is 35.4 Å². The van der Waals surface area contributed by atoms with Crippen LogP contribution in [0.1, 0.15) is 18.1 Å². The van der Waals surface area contributed by atoms with Crippen LogP contribution in [0.3, 0.4) is 0 Å². The minimum absolute atomic E-state index is 0.0839. The van der Waals surface area contributed by atoms with Gasteiger partial charge in [0.25, 0.3) is 0 Å². The van der Waals surface area contributed by atoms with Crippen molar-refractivity contribution in [3.8, 4) is 0 Å². The van der Waals surface area contributed by atoms with E-state index in [1.165, 1.54) is 18.1 Å². The lowest BCUT2D eigenvalue weighted by Crippen LogP contribution is -2.56. The van der Waals surface area contributed by atoms with E-state index in [-0.39, 0.29) is 6.04 Å². The second-order valence-electron chi connectivity index (χ2n) is 4.81. The zero-order valence-corrected chi connectivity index (χ0v) is 9.81. The third kappa shape index (κ3) is 2.33. The minimum atomic E-state index is -1.26. The number of nitrogens with one attached hydrogen (secondary N) is 1. The molecule has 0 amide bonds. The Labute approximate surface area is 100 Å². The van der Waals surface area contributed by atoms with Crippen molar-refractivity contribution in [1.82, 2.24) is 5.32 Å². The molecule has 1 aromatic carbocycles. The standard InChI is InChI=1S/C13H17NO3/c1-13(8-15,12(16)17)14-11-6-9-4-2-3-5-10(9)7-11/h2-5,11,14-15H,6-8H2,1H3,(H,16,17)/t13-/m0/s1. The maximum absolute atomic E-state index is 11.1. The Morgan fingerprint density at radius 2 is 1.94 bits per heavy atom. The number of carboxylic acids is 1. The summed E-state index contributed by atoms with van der Waals surface area (Å²) in [5.74, 6) is -1.02. The summed E-state index contributed by atoms with van der Waals surface area (Å²) in [5, 5.41) is 21.3. The van der Waals surface area contributed by atoms with E-state index < -0.39 is 18.1 Å². The van der Waals surface area contributed by atoms with Gasteiger partial charge in [-0.2, -0.15) is 0 Å². The van der Waals surface area contributed by atoms with Crippen LogP contribution >= 0.6 is 0 Å². The molecular formula is C13H17NO3. The van der Waals surface area contributed by atoms with Crippen molar-refractivity contribution < 1.29 is 15.0 Å². The van der Waals surface area contributed by atoms with Crippen LogP contribution in [0.25, 0.3) is 0 Å².